The van der Waals surface area contributed by atoms with Gasteiger partial charge in [0.15, 0.2) is 5.82 Å². The Morgan fingerprint density at radius 3 is 2.92 bits per heavy atom. The summed E-state index contributed by atoms with van der Waals surface area (Å²) in [5.74, 6) is 1.42. The molecule has 3 rings (SSSR count). The van der Waals surface area contributed by atoms with Crippen molar-refractivity contribution in [1.82, 2.24) is 20.2 Å². The molecular weight excluding hydrogens is 326 g/mol. The minimum atomic E-state index is -0.136. The molecular formula is C16H15N5O2S. The van der Waals surface area contributed by atoms with Gasteiger partial charge < -0.3 is 10.1 Å². The fourth-order valence-electron chi connectivity index (χ4n) is 1.98. The van der Waals surface area contributed by atoms with Crippen LogP contribution in [-0.2, 0) is 4.79 Å². The van der Waals surface area contributed by atoms with Crippen molar-refractivity contribution in [3.05, 3.63) is 48.8 Å². The Kier molecular flexibility index (Phi) is 5.07. The van der Waals surface area contributed by atoms with E-state index in [0.29, 0.717) is 22.4 Å². The largest absolute Gasteiger partial charge is 0.497 e. The highest BCUT2D eigenvalue weighted by molar-refractivity contribution is 7.99. The van der Waals surface area contributed by atoms with Crippen molar-refractivity contribution in [2.24, 2.45) is 0 Å². The molecule has 7 nitrogen and oxygen atoms in total. The number of aromatic nitrogens is 4. The van der Waals surface area contributed by atoms with E-state index in [4.69, 9.17) is 4.74 Å². The molecule has 24 heavy (non-hydrogen) atoms. The Morgan fingerprint density at radius 2 is 2.12 bits per heavy atom. The molecule has 1 aromatic carbocycles. The summed E-state index contributed by atoms with van der Waals surface area (Å²) >= 11 is 1.26. The first kappa shape index (κ1) is 16.0. The number of anilines is 1. The maximum atomic E-state index is 12.0. The van der Waals surface area contributed by atoms with Gasteiger partial charge in [0, 0.05) is 29.7 Å². The molecule has 0 spiro atoms. The number of nitrogens with zero attached hydrogens (tertiary/aromatic N) is 3. The van der Waals surface area contributed by atoms with Gasteiger partial charge in [-0.3, -0.25) is 14.9 Å². The van der Waals surface area contributed by atoms with Crippen molar-refractivity contribution in [2.45, 2.75) is 5.16 Å². The quantitative estimate of drug-likeness (QED) is 0.670. The van der Waals surface area contributed by atoms with E-state index in [0.717, 1.165) is 5.56 Å². The number of hydrogen-bond donors (Lipinski definition) is 2. The maximum Gasteiger partial charge on any atom is 0.234 e. The summed E-state index contributed by atoms with van der Waals surface area (Å²) in [6, 6.07) is 10.9. The average molecular weight is 341 g/mol. The lowest BCUT2D eigenvalue weighted by atomic mass is 10.3. The van der Waals surface area contributed by atoms with Crippen LogP contribution in [0.15, 0.2) is 53.9 Å². The second-order valence-electron chi connectivity index (χ2n) is 4.77. The average Bonchev–Trinajstić information content (AvgIpc) is 3.10. The Balaban J connectivity index is 1.56. The van der Waals surface area contributed by atoms with E-state index >= 15 is 0 Å². The second kappa shape index (κ2) is 7.60. The van der Waals surface area contributed by atoms with Crippen LogP contribution in [0.2, 0.25) is 0 Å². The fourth-order valence-corrected chi connectivity index (χ4v) is 2.58. The summed E-state index contributed by atoms with van der Waals surface area (Å²) in [5.41, 5.74) is 1.58. The molecule has 1 amide bonds. The standard InChI is InChI=1S/C16H15N5O2S/c1-23-13-4-2-3-12(9-13)18-14(22)10-24-16-19-15(20-21-16)11-5-7-17-8-6-11/h2-9H,10H2,1H3,(H,18,22)(H,19,20,21). The maximum absolute atomic E-state index is 12.0. The fraction of sp³-hybridized carbons (Fsp3) is 0.125. The van der Waals surface area contributed by atoms with Crippen molar-refractivity contribution >= 4 is 23.4 Å². The van der Waals surface area contributed by atoms with Crippen LogP contribution in [-0.4, -0.2) is 38.9 Å². The number of methoxy groups -OCH3 is 1. The molecule has 0 atom stereocenters. The topological polar surface area (TPSA) is 92.8 Å². The highest BCUT2D eigenvalue weighted by Crippen LogP contribution is 2.20. The number of ether oxygens (including phenoxy) is 1. The van der Waals surface area contributed by atoms with E-state index in [9.17, 15) is 4.79 Å². The summed E-state index contributed by atoms with van der Waals surface area (Å²) in [7, 11) is 1.58. The normalized spacial score (nSPS) is 10.4. The zero-order valence-electron chi connectivity index (χ0n) is 12.9. The molecule has 0 unspecified atom stereocenters. The minimum Gasteiger partial charge on any atom is -0.497 e. The van der Waals surface area contributed by atoms with Crippen LogP contribution in [0.4, 0.5) is 5.69 Å². The third-order valence-electron chi connectivity index (χ3n) is 3.10. The van der Waals surface area contributed by atoms with Crippen LogP contribution in [0.25, 0.3) is 11.4 Å². The number of rotatable bonds is 6. The lowest BCUT2D eigenvalue weighted by Gasteiger charge is -2.06. The van der Waals surface area contributed by atoms with Gasteiger partial charge in [-0.15, -0.1) is 5.10 Å². The van der Waals surface area contributed by atoms with Crippen LogP contribution < -0.4 is 10.1 Å². The molecule has 0 fully saturated rings. The summed E-state index contributed by atoms with van der Waals surface area (Å²) in [6.07, 6.45) is 3.37. The smallest absolute Gasteiger partial charge is 0.234 e. The predicted molar refractivity (Wildman–Crippen MR) is 92.0 cm³/mol. The molecule has 2 N–H and O–H groups in total. The van der Waals surface area contributed by atoms with Crippen molar-refractivity contribution < 1.29 is 9.53 Å². The monoisotopic (exact) mass is 341 g/mol. The zero-order chi connectivity index (χ0) is 16.8. The van der Waals surface area contributed by atoms with Gasteiger partial charge in [-0.05, 0) is 24.3 Å². The summed E-state index contributed by atoms with van der Waals surface area (Å²) in [6.45, 7) is 0. The van der Waals surface area contributed by atoms with E-state index in [-0.39, 0.29) is 11.7 Å². The first-order valence-electron chi connectivity index (χ1n) is 7.14. The molecule has 2 heterocycles. The molecule has 0 saturated heterocycles. The van der Waals surface area contributed by atoms with Gasteiger partial charge in [-0.1, -0.05) is 17.8 Å². The number of thioether (sulfide) groups is 1. The first-order valence-corrected chi connectivity index (χ1v) is 8.12. The molecule has 0 bridgehead atoms. The van der Waals surface area contributed by atoms with Gasteiger partial charge in [-0.25, -0.2) is 4.98 Å². The number of aromatic amines is 1. The number of amides is 1. The van der Waals surface area contributed by atoms with Crippen LogP contribution in [0, 0.1) is 0 Å². The van der Waals surface area contributed by atoms with E-state index in [1.54, 1.807) is 31.6 Å². The van der Waals surface area contributed by atoms with E-state index in [2.05, 4.69) is 25.5 Å². The molecule has 8 heteroatoms. The molecule has 0 aliphatic carbocycles. The Labute approximate surface area is 142 Å². The number of hydrogen-bond acceptors (Lipinski definition) is 6. The second-order valence-corrected chi connectivity index (χ2v) is 5.71. The number of carbonyl (C=O) groups is 1. The molecule has 2 aromatic heterocycles. The lowest BCUT2D eigenvalue weighted by Crippen LogP contribution is -2.14. The van der Waals surface area contributed by atoms with Crippen LogP contribution in [0.3, 0.4) is 0 Å². The molecule has 122 valence electrons. The van der Waals surface area contributed by atoms with Crippen LogP contribution in [0.1, 0.15) is 0 Å². The predicted octanol–water partition coefficient (Wildman–Crippen LogP) is 2.61. The minimum absolute atomic E-state index is 0.136. The Bertz CT molecular complexity index is 822. The number of H-pyrrole nitrogens is 1. The Hall–Kier alpha value is -2.87. The van der Waals surface area contributed by atoms with Gasteiger partial charge in [0.1, 0.15) is 5.75 Å². The van der Waals surface area contributed by atoms with Gasteiger partial charge in [0.2, 0.25) is 11.1 Å². The van der Waals surface area contributed by atoms with Gasteiger partial charge >= 0.3 is 0 Å². The highest BCUT2D eigenvalue weighted by atomic mass is 32.2. The molecule has 0 radical (unpaired) electrons. The number of carbonyl (C=O) groups excluding carboxylic acids is 1. The molecule has 0 aliphatic rings. The van der Waals surface area contributed by atoms with E-state index < -0.39 is 0 Å². The zero-order valence-corrected chi connectivity index (χ0v) is 13.7. The van der Waals surface area contributed by atoms with Gasteiger partial charge in [0.25, 0.3) is 0 Å². The summed E-state index contributed by atoms with van der Waals surface area (Å²) in [4.78, 5) is 20.3. The molecule has 3 aromatic rings. The third-order valence-corrected chi connectivity index (χ3v) is 3.95. The van der Waals surface area contributed by atoms with Gasteiger partial charge in [-0.2, -0.15) is 0 Å². The lowest BCUT2D eigenvalue weighted by molar-refractivity contribution is -0.113. The SMILES string of the molecule is COc1cccc(NC(=O)CSc2n[nH]c(-c3ccncc3)n2)c1. The highest BCUT2D eigenvalue weighted by Gasteiger charge is 2.09. The Morgan fingerprint density at radius 1 is 1.29 bits per heavy atom. The number of benzene rings is 1. The van der Waals surface area contributed by atoms with Crippen LogP contribution >= 0.6 is 11.8 Å². The van der Waals surface area contributed by atoms with Crippen LogP contribution in [0.5, 0.6) is 5.75 Å². The van der Waals surface area contributed by atoms with Gasteiger partial charge in [0.05, 0.1) is 12.9 Å². The third kappa shape index (κ3) is 4.11. The number of nitrogens with one attached hydrogen (secondary N) is 2. The van der Waals surface area contributed by atoms with Crippen molar-refractivity contribution in [3.63, 3.8) is 0 Å². The van der Waals surface area contributed by atoms with Crippen molar-refractivity contribution in [2.75, 3.05) is 18.2 Å². The first-order chi connectivity index (χ1) is 11.7. The molecule has 0 saturated carbocycles. The van der Waals surface area contributed by atoms with Crippen molar-refractivity contribution in [1.29, 1.82) is 0 Å². The van der Waals surface area contributed by atoms with E-state index in [1.165, 1.54) is 11.8 Å². The summed E-state index contributed by atoms with van der Waals surface area (Å²) < 4.78 is 5.13. The molecule has 0 aliphatic heterocycles. The number of pyridine rings is 1. The van der Waals surface area contributed by atoms with Crippen molar-refractivity contribution in [3.8, 4) is 17.1 Å². The summed E-state index contributed by atoms with van der Waals surface area (Å²) in [5, 5.41) is 10.3. The van der Waals surface area contributed by atoms with E-state index in [1.807, 2.05) is 24.3 Å².